The maximum absolute atomic E-state index is 14.4. The van der Waals surface area contributed by atoms with Crippen LogP contribution in [0.2, 0.25) is 0 Å². The third-order valence-corrected chi connectivity index (χ3v) is 4.79. The van der Waals surface area contributed by atoms with Gasteiger partial charge in [0.15, 0.2) is 0 Å². The van der Waals surface area contributed by atoms with Crippen LogP contribution in [0.3, 0.4) is 0 Å². The van der Waals surface area contributed by atoms with Crippen LogP contribution in [-0.4, -0.2) is 4.98 Å². The van der Waals surface area contributed by atoms with Gasteiger partial charge in [0.1, 0.15) is 5.82 Å². The lowest BCUT2D eigenvalue weighted by Crippen LogP contribution is -2.30. The zero-order valence-corrected chi connectivity index (χ0v) is 12.5. The third kappa shape index (κ3) is 2.37. The van der Waals surface area contributed by atoms with E-state index in [9.17, 15) is 17.6 Å². The van der Waals surface area contributed by atoms with E-state index in [1.807, 2.05) is 18.2 Å². The van der Waals surface area contributed by atoms with Gasteiger partial charge in [0.25, 0.3) is 0 Å². The first-order chi connectivity index (χ1) is 11.4. The highest BCUT2D eigenvalue weighted by Gasteiger charge is 2.41. The minimum absolute atomic E-state index is 0.0459. The Balaban J connectivity index is 1.83. The average molecular weight is 334 g/mol. The van der Waals surface area contributed by atoms with Crippen LogP contribution in [0.5, 0.6) is 0 Å². The summed E-state index contributed by atoms with van der Waals surface area (Å²) in [7, 11) is 0. The zero-order valence-electron chi connectivity index (χ0n) is 12.5. The Morgan fingerprint density at radius 3 is 2.75 bits per heavy atom. The number of halogens is 4. The van der Waals surface area contributed by atoms with Gasteiger partial charge < -0.3 is 5.32 Å². The second kappa shape index (κ2) is 5.33. The third-order valence-electron chi connectivity index (χ3n) is 4.79. The molecule has 6 heteroatoms. The number of hydrogen-bond donors (Lipinski definition) is 1. The van der Waals surface area contributed by atoms with Crippen LogP contribution in [0.15, 0.2) is 48.8 Å². The van der Waals surface area contributed by atoms with Crippen LogP contribution in [0, 0.1) is 11.7 Å². The number of nitrogens with one attached hydrogen (secondary N) is 1. The second-order valence-corrected chi connectivity index (χ2v) is 6.18. The zero-order chi connectivity index (χ0) is 16.9. The second-order valence-electron chi connectivity index (χ2n) is 6.18. The Hall–Kier alpha value is -2.37. The van der Waals surface area contributed by atoms with Gasteiger partial charge in [-0.2, -0.15) is 13.2 Å². The molecule has 0 spiro atoms. The molecular weight excluding hydrogens is 320 g/mol. The highest BCUT2D eigenvalue weighted by atomic mass is 19.4. The van der Waals surface area contributed by atoms with Gasteiger partial charge >= 0.3 is 6.18 Å². The van der Waals surface area contributed by atoms with Crippen molar-refractivity contribution in [2.24, 2.45) is 5.92 Å². The normalized spacial score (nSPS) is 25.1. The molecule has 1 aliphatic heterocycles. The number of aromatic nitrogens is 1. The van der Waals surface area contributed by atoms with Crippen LogP contribution >= 0.6 is 0 Å². The van der Waals surface area contributed by atoms with Crippen LogP contribution in [0.1, 0.15) is 35.1 Å². The van der Waals surface area contributed by atoms with E-state index in [0.717, 1.165) is 18.1 Å². The monoisotopic (exact) mass is 334 g/mol. The minimum atomic E-state index is -4.56. The Labute approximate surface area is 136 Å². The quantitative estimate of drug-likeness (QED) is 0.582. The molecule has 124 valence electrons. The largest absolute Gasteiger partial charge is 0.416 e. The van der Waals surface area contributed by atoms with E-state index in [1.54, 1.807) is 18.5 Å². The summed E-state index contributed by atoms with van der Waals surface area (Å²) >= 11 is 0. The number of nitrogens with zero attached hydrogens (tertiary/aromatic N) is 1. The molecule has 0 saturated heterocycles. The van der Waals surface area contributed by atoms with Crippen molar-refractivity contribution in [2.45, 2.75) is 24.6 Å². The van der Waals surface area contributed by atoms with E-state index in [-0.39, 0.29) is 23.6 Å². The van der Waals surface area contributed by atoms with Crippen molar-refractivity contribution < 1.29 is 17.6 Å². The molecule has 0 radical (unpaired) electrons. The number of pyridine rings is 1. The summed E-state index contributed by atoms with van der Waals surface area (Å²) < 4.78 is 53.4. The highest BCUT2D eigenvalue weighted by molar-refractivity contribution is 5.61. The maximum Gasteiger partial charge on any atom is 0.416 e. The molecule has 1 aromatic heterocycles. The first-order valence-corrected chi connectivity index (χ1v) is 7.69. The van der Waals surface area contributed by atoms with Crippen LogP contribution in [0.25, 0.3) is 0 Å². The summed E-state index contributed by atoms with van der Waals surface area (Å²) in [5, 5.41) is 3.11. The van der Waals surface area contributed by atoms with E-state index in [4.69, 9.17) is 0 Å². The fraction of sp³-hybridized carbons (Fsp3) is 0.278. The topological polar surface area (TPSA) is 24.9 Å². The van der Waals surface area contributed by atoms with Crippen molar-refractivity contribution in [3.8, 4) is 0 Å². The number of alkyl halides is 3. The average Bonchev–Trinajstić information content (AvgIpc) is 3.04. The Morgan fingerprint density at radius 1 is 1.21 bits per heavy atom. The van der Waals surface area contributed by atoms with Crippen molar-refractivity contribution in [2.75, 3.05) is 5.32 Å². The number of fused-ring (bicyclic) bond motifs is 3. The SMILES string of the molecule is Fc1cc(C(F)(F)F)cc2c1NC(c1cccnc1)[C@H]1CC=C[C@@H]21. The lowest BCUT2D eigenvalue weighted by Gasteiger charge is -2.37. The van der Waals surface area contributed by atoms with Crippen molar-refractivity contribution in [3.05, 3.63) is 71.3 Å². The summed E-state index contributed by atoms with van der Waals surface area (Å²) in [6, 6.07) is 5.14. The van der Waals surface area contributed by atoms with E-state index >= 15 is 0 Å². The molecule has 1 unspecified atom stereocenters. The molecular formula is C18H14F4N2. The van der Waals surface area contributed by atoms with Crippen LogP contribution in [-0.2, 0) is 6.18 Å². The number of benzene rings is 1. The van der Waals surface area contributed by atoms with Gasteiger partial charge in [-0.05, 0) is 41.7 Å². The molecule has 2 aromatic rings. The van der Waals surface area contributed by atoms with Gasteiger partial charge in [-0.1, -0.05) is 18.2 Å². The molecule has 1 aromatic carbocycles. The predicted octanol–water partition coefficient (Wildman–Crippen LogP) is 5.07. The first-order valence-electron chi connectivity index (χ1n) is 7.69. The molecule has 0 fully saturated rings. The van der Waals surface area contributed by atoms with E-state index in [2.05, 4.69) is 10.3 Å². The standard InChI is InChI=1S/C18H14F4N2/c19-15-8-11(18(20,21)22)7-14-12-4-1-5-13(12)16(24-17(14)15)10-3-2-6-23-9-10/h1-4,6-9,12-13,16,24H,5H2/t12-,13+,16?/m1/s1. The molecule has 0 bridgehead atoms. The molecule has 0 amide bonds. The Morgan fingerprint density at radius 2 is 2.04 bits per heavy atom. The smallest absolute Gasteiger partial charge is 0.375 e. The summed E-state index contributed by atoms with van der Waals surface area (Å²) in [5.74, 6) is -1.06. The first kappa shape index (κ1) is 15.2. The Kier molecular flexibility index (Phi) is 3.37. The number of anilines is 1. The van der Waals surface area contributed by atoms with Gasteiger partial charge in [0, 0.05) is 18.3 Å². The maximum atomic E-state index is 14.4. The van der Waals surface area contributed by atoms with Gasteiger partial charge in [0.05, 0.1) is 17.3 Å². The number of hydrogen-bond acceptors (Lipinski definition) is 2. The van der Waals surface area contributed by atoms with E-state index < -0.39 is 17.6 Å². The molecule has 0 saturated carbocycles. The molecule has 4 rings (SSSR count). The Bertz CT molecular complexity index is 799. The van der Waals surface area contributed by atoms with Gasteiger partial charge in [0.2, 0.25) is 0 Å². The molecule has 24 heavy (non-hydrogen) atoms. The van der Waals surface area contributed by atoms with Gasteiger partial charge in [-0.15, -0.1) is 0 Å². The minimum Gasteiger partial charge on any atom is -0.375 e. The summed E-state index contributed by atoms with van der Waals surface area (Å²) in [6.45, 7) is 0. The van der Waals surface area contributed by atoms with Gasteiger partial charge in [-0.25, -0.2) is 4.39 Å². The lowest BCUT2D eigenvalue weighted by molar-refractivity contribution is -0.137. The van der Waals surface area contributed by atoms with Gasteiger partial charge in [-0.3, -0.25) is 4.98 Å². The summed E-state index contributed by atoms with van der Waals surface area (Å²) in [5.41, 5.74) is 0.492. The highest BCUT2D eigenvalue weighted by Crippen LogP contribution is 2.51. The van der Waals surface area contributed by atoms with Crippen molar-refractivity contribution in [1.82, 2.24) is 4.98 Å². The number of allylic oxidation sites excluding steroid dienone is 2. The molecule has 1 aliphatic carbocycles. The van der Waals surface area contributed by atoms with Crippen LogP contribution < -0.4 is 5.32 Å². The molecule has 2 nitrogen and oxygen atoms in total. The van der Waals surface area contributed by atoms with E-state index in [0.29, 0.717) is 11.6 Å². The van der Waals surface area contributed by atoms with Crippen LogP contribution in [0.4, 0.5) is 23.2 Å². The van der Waals surface area contributed by atoms with Crippen molar-refractivity contribution >= 4 is 5.69 Å². The predicted molar refractivity (Wildman–Crippen MR) is 82.0 cm³/mol. The fourth-order valence-corrected chi connectivity index (χ4v) is 3.71. The number of rotatable bonds is 1. The lowest BCUT2D eigenvalue weighted by atomic mass is 9.77. The van der Waals surface area contributed by atoms with E-state index in [1.165, 1.54) is 0 Å². The molecule has 3 atom stereocenters. The molecule has 2 heterocycles. The molecule has 2 aliphatic rings. The van der Waals surface area contributed by atoms with Crippen molar-refractivity contribution in [1.29, 1.82) is 0 Å². The summed E-state index contributed by atoms with van der Waals surface area (Å²) in [6.07, 6.45) is 3.37. The summed E-state index contributed by atoms with van der Waals surface area (Å²) in [4.78, 5) is 4.10. The fourth-order valence-electron chi connectivity index (χ4n) is 3.71. The van der Waals surface area contributed by atoms with Crippen molar-refractivity contribution in [3.63, 3.8) is 0 Å². The molecule has 1 N–H and O–H groups in total.